The number of aromatic hydroxyl groups is 2. The maximum absolute atomic E-state index is 11.2. The minimum absolute atomic E-state index is 0. The molecule has 12 heteroatoms. The summed E-state index contributed by atoms with van der Waals surface area (Å²) in [7, 11) is -9.77. The Hall–Kier alpha value is -0.400. The monoisotopic (exact) mass is 416 g/mol. The van der Waals surface area contributed by atoms with E-state index in [0.717, 1.165) is 48.6 Å². The molecule has 2 aromatic rings. The molecule has 0 atom stereocenters. The molecule has 0 bridgehead atoms. The summed E-state index contributed by atoms with van der Waals surface area (Å²) in [5.41, 5.74) is -0.213. The van der Waals surface area contributed by atoms with Gasteiger partial charge in [-0.1, -0.05) is 24.3 Å². The molecule has 2 rings (SSSR count). The van der Waals surface area contributed by atoms with E-state index < -0.39 is 41.5 Å². The van der Waals surface area contributed by atoms with Crippen LogP contribution in [0.4, 0.5) is 0 Å². The fraction of sp³-hybridized carbons (Fsp3) is 0. The Morgan fingerprint density at radius 2 is 1.00 bits per heavy atom. The number of benzene rings is 2. The Kier molecular flexibility index (Phi) is 9.54. The molecule has 8 nitrogen and oxygen atoms in total. The summed E-state index contributed by atoms with van der Waals surface area (Å²) in [5, 5.41) is 18.6. The van der Waals surface area contributed by atoms with Crippen molar-refractivity contribution < 1.29 is 95.3 Å². The standard InChI is InChI=1S/C14H12O8S2.2Na/c15-11-5-3-9(13(7-11)23(17,18)19)1-2-10-4-6-12(16)8-14(10)24(20,21)22;;/h1-8,15-16H,(H,17,18,19)(H,20,21,22);;/q;2*+1/p-2. The van der Waals surface area contributed by atoms with Crippen molar-refractivity contribution >= 4 is 32.4 Å². The first kappa shape index (κ1) is 25.6. The Labute approximate surface area is 194 Å². The second-order valence-corrected chi connectivity index (χ2v) is 7.38. The molecule has 2 aromatic carbocycles. The predicted octanol–water partition coefficient (Wildman–Crippen LogP) is -4.92. The maximum atomic E-state index is 11.2. The number of hydrogen-bond acceptors (Lipinski definition) is 8. The van der Waals surface area contributed by atoms with Crippen LogP contribution in [0.1, 0.15) is 11.1 Å². The molecule has 128 valence electrons. The molecule has 0 unspecified atom stereocenters. The van der Waals surface area contributed by atoms with Gasteiger partial charge in [0.15, 0.2) is 0 Å². The summed E-state index contributed by atoms with van der Waals surface area (Å²) < 4.78 is 67.3. The van der Waals surface area contributed by atoms with E-state index in [-0.39, 0.29) is 70.2 Å². The normalized spacial score (nSPS) is 11.6. The van der Waals surface area contributed by atoms with Crippen LogP contribution in [0.25, 0.3) is 12.2 Å². The second-order valence-electron chi connectivity index (χ2n) is 4.69. The first-order chi connectivity index (χ1) is 11.0. The van der Waals surface area contributed by atoms with Crippen LogP contribution in [-0.4, -0.2) is 36.2 Å². The van der Waals surface area contributed by atoms with Gasteiger partial charge in [-0.05, 0) is 35.4 Å². The number of rotatable bonds is 4. The van der Waals surface area contributed by atoms with Crippen molar-refractivity contribution in [1.82, 2.24) is 0 Å². The van der Waals surface area contributed by atoms with Crippen molar-refractivity contribution in [1.29, 1.82) is 0 Å². The first-order valence-electron chi connectivity index (χ1n) is 6.24. The van der Waals surface area contributed by atoms with Crippen LogP contribution in [0.15, 0.2) is 46.2 Å². The van der Waals surface area contributed by atoms with E-state index in [1.54, 1.807) is 0 Å². The maximum Gasteiger partial charge on any atom is 1.00 e. The molecule has 0 aromatic heterocycles. The average molecular weight is 416 g/mol. The average Bonchev–Trinajstić information content (AvgIpc) is 2.45. The van der Waals surface area contributed by atoms with Crippen LogP contribution >= 0.6 is 0 Å². The molecule has 0 amide bonds. The van der Waals surface area contributed by atoms with Gasteiger partial charge in [0.25, 0.3) is 0 Å². The molecular formula is C14H10Na2O8S2. The van der Waals surface area contributed by atoms with E-state index >= 15 is 0 Å². The fourth-order valence-corrected chi connectivity index (χ4v) is 3.31. The van der Waals surface area contributed by atoms with Gasteiger partial charge in [-0.25, -0.2) is 16.8 Å². The van der Waals surface area contributed by atoms with Gasteiger partial charge in [-0.15, -0.1) is 0 Å². The summed E-state index contributed by atoms with van der Waals surface area (Å²) in [5.74, 6) is -0.872. The zero-order chi connectivity index (χ0) is 18.1. The van der Waals surface area contributed by atoms with Crippen LogP contribution in [0.3, 0.4) is 0 Å². The smallest absolute Gasteiger partial charge is 0.744 e. The molecule has 0 fully saturated rings. The third-order valence-corrected chi connectivity index (χ3v) is 4.76. The summed E-state index contributed by atoms with van der Waals surface area (Å²) in [4.78, 5) is -1.41. The SMILES string of the molecule is O=S(=O)([O-])c1cc(O)ccc1C=Cc1ccc(O)cc1S(=O)(=O)[O-].[Na+].[Na+]. The molecule has 0 aliphatic heterocycles. The molecule has 0 aliphatic rings. The van der Waals surface area contributed by atoms with Crippen molar-refractivity contribution in [3.8, 4) is 11.5 Å². The summed E-state index contributed by atoms with van der Waals surface area (Å²) in [6, 6.07) is 6.06. The fourth-order valence-electron chi connectivity index (χ4n) is 1.93. The van der Waals surface area contributed by atoms with Crippen molar-refractivity contribution in [3.63, 3.8) is 0 Å². The second kappa shape index (κ2) is 9.69. The van der Waals surface area contributed by atoms with Gasteiger partial charge in [0.2, 0.25) is 0 Å². The summed E-state index contributed by atoms with van der Waals surface area (Å²) in [6.07, 6.45) is 2.20. The molecule has 0 radical (unpaired) electrons. The Morgan fingerprint density at radius 1 is 0.692 bits per heavy atom. The van der Waals surface area contributed by atoms with Gasteiger partial charge < -0.3 is 19.3 Å². The van der Waals surface area contributed by atoms with Crippen molar-refractivity contribution in [2.75, 3.05) is 0 Å². The zero-order valence-corrected chi connectivity index (χ0v) is 19.4. The van der Waals surface area contributed by atoms with Crippen LogP contribution in [0.2, 0.25) is 0 Å². The third-order valence-electron chi connectivity index (χ3n) is 2.98. The van der Waals surface area contributed by atoms with E-state index in [9.17, 15) is 36.2 Å². The van der Waals surface area contributed by atoms with E-state index in [1.807, 2.05) is 0 Å². The van der Waals surface area contributed by atoms with Crippen molar-refractivity contribution in [3.05, 3.63) is 47.5 Å². The largest absolute Gasteiger partial charge is 1.00 e. The van der Waals surface area contributed by atoms with Crippen molar-refractivity contribution in [2.45, 2.75) is 9.79 Å². The van der Waals surface area contributed by atoms with Gasteiger partial charge in [-0.2, -0.15) is 0 Å². The zero-order valence-electron chi connectivity index (χ0n) is 13.8. The number of phenolic OH excluding ortho intramolecular Hbond substituents is 2. The summed E-state index contributed by atoms with van der Waals surface area (Å²) in [6.45, 7) is 0. The van der Waals surface area contributed by atoms with Gasteiger partial charge >= 0.3 is 59.1 Å². The minimum Gasteiger partial charge on any atom is -0.744 e. The quantitative estimate of drug-likeness (QED) is 0.285. The Morgan fingerprint density at radius 3 is 1.27 bits per heavy atom. The van der Waals surface area contributed by atoms with Gasteiger partial charge in [0.05, 0.1) is 9.79 Å². The number of hydrogen-bond donors (Lipinski definition) is 2. The van der Waals surface area contributed by atoms with E-state index in [4.69, 9.17) is 0 Å². The van der Waals surface area contributed by atoms with Gasteiger partial charge in [0.1, 0.15) is 31.7 Å². The third kappa shape index (κ3) is 6.64. The number of phenols is 2. The molecule has 26 heavy (non-hydrogen) atoms. The predicted molar refractivity (Wildman–Crippen MR) is 81.1 cm³/mol. The molecule has 2 N–H and O–H groups in total. The Balaban J connectivity index is 0.00000312. The van der Waals surface area contributed by atoms with Crippen LogP contribution < -0.4 is 59.1 Å². The van der Waals surface area contributed by atoms with E-state index in [2.05, 4.69) is 0 Å². The van der Waals surface area contributed by atoms with Gasteiger partial charge in [-0.3, -0.25) is 0 Å². The molecule has 0 saturated carbocycles. The Bertz CT molecular complexity index is 947. The van der Waals surface area contributed by atoms with Crippen LogP contribution in [0.5, 0.6) is 11.5 Å². The van der Waals surface area contributed by atoms with E-state index in [1.165, 1.54) is 0 Å². The van der Waals surface area contributed by atoms with E-state index in [0.29, 0.717) is 0 Å². The molecule has 0 heterocycles. The first-order valence-corrected chi connectivity index (χ1v) is 9.06. The van der Waals surface area contributed by atoms with Crippen LogP contribution in [-0.2, 0) is 20.2 Å². The molecule has 0 spiro atoms. The molecule has 0 aliphatic carbocycles. The van der Waals surface area contributed by atoms with Crippen molar-refractivity contribution in [2.24, 2.45) is 0 Å². The minimum atomic E-state index is -4.89. The topological polar surface area (TPSA) is 155 Å². The van der Waals surface area contributed by atoms with Crippen LogP contribution in [0, 0.1) is 0 Å². The molecule has 0 saturated heterocycles. The summed E-state index contributed by atoms with van der Waals surface area (Å²) >= 11 is 0. The molecular weight excluding hydrogens is 406 g/mol. The van der Waals surface area contributed by atoms with Gasteiger partial charge in [0, 0.05) is 0 Å².